The Hall–Kier alpha value is -1.29. The van der Waals surface area contributed by atoms with E-state index in [2.05, 4.69) is 0 Å². The summed E-state index contributed by atoms with van der Waals surface area (Å²) >= 11 is 1.53. The number of thioether (sulfide) groups is 1. The molecule has 0 unspecified atom stereocenters. The van der Waals surface area contributed by atoms with Gasteiger partial charge in [0.05, 0.1) is 11.4 Å². The van der Waals surface area contributed by atoms with E-state index < -0.39 is 0 Å². The van der Waals surface area contributed by atoms with E-state index in [4.69, 9.17) is 0 Å². The number of benzene rings is 1. The van der Waals surface area contributed by atoms with Crippen molar-refractivity contribution >= 4 is 29.1 Å². The van der Waals surface area contributed by atoms with Crippen molar-refractivity contribution in [1.29, 1.82) is 0 Å². The summed E-state index contributed by atoms with van der Waals surface area (Å²) < 4.78 is 0. The van der Waals surface area contributed by atoms with Gasteiger partial charge in [0.2, 0.25) is 5.91 Å². The van der Waals surface area contributed by atoms with Gasteiger partial charge in [0, 0.05) is 23.9 Å². The number of rotatable bonds is 2. The Morgan fingerprint density at radius 1 is 1.50 bits per heavy atom. The molecule has 0 radical (unpaired) electrons. The zero-order valence-electron chi connectivity index (χ0n) is 9.32. The van der Waals surface area contributed by atoms with E-state index in [1.807, 2.05) is 25.1 Å². The Morgan fingerprint density at radius 2 is 2.25 bits per heavy atom. The van der Waals surface area contributed by atoms with Gasteiger partial charge in [-0.3, -0.25) is 9.59 Å². The molecule has 1 aromatic rings. The number of nitrogens with zero attached hydrogens (tertiary/aromatic N) is 1. The molecule has 1 amide bonds. The van der Waals surface area contributed by atoms with Crippen molar-refractivity contribution in [3.8, 4) is 0 Å². The van der Waals surface area contributed by atoms with Crippen molar-refractivity contribution in [3.05, 3.63) is 23.8 Å². The smallest absolute Gasteiger partial charge is 0.237 e. The molecule has 2 rings (SSSR count). The predicted molar refractivity (Wildman–Crippen MR) is 65.2 cm³/mol. The lowest BCUT2D eigenvalue weighted by atomic mass is 10.1. The number of hydrogen-bond acceptors (Lipinski definition) is 3. The molecule has 0 bridgehead atoms. The molecule has 0 aliphatic carbocycles. The third-order valence-corrected chi connectivity index (χ3v) is 3.74. The molecule has 0 spiro atoms. The highest BCUT2D eigenvalue weighted by molar-refractivity contribution is 8.00. The molecule has 1 aromatic carbocycles. The maximum absolute atomic E-state index is 11.6. The molecule has 0 aromatic heterocycles. The first-order valence-corrected chi connectivity index (χ1v) is 6.18. The minimum absolute atomic E-state index is 0.0820. The SMILES string of the molecule is CCC(=O)c1ccc2c(c1)N(C)C(=O)CS2. The van der Waals surface area contributed by atoms with Gasteiger partial charge in [-0.05, 0) is 12.1 Å². The lowest BCUT2D eigenvalue weighted by Gasteiger charge is -2.25. The van der Waals surface area contributed by atoms with Crippen molar-refractivity contribution < 1.29 is 9.59 Å². The van der Waals surface area contributed by atoms with Gasteiger partial charge >= 0.3 is 0 Å². The lowest BCUT2D eigenvalue weighted by Crippen LogP contribution is -2.31. The van der Waals surface area contributed by atoms with Gasteiger partial charge in [0.15, 0.2) is 5.78 Å². The first-order valence-electron chi connectivity index (χ1n) is 5.20. The standard InChI is InChI=1S/C12H13NO2S/c1-3-10(14)8-4-5-11-9(6-8)13(2)12(15)7-16-11/h4-6H,3,7H2,1-2H3. The second kappa shape index (κ2) is 4.29. The van der Waals surface area contributed by atoms with Crippen LogP contribution >= 0.6 is 11.8 Å². The summed E-state index contributed by atoms with van der Waals surface area (Å²) in [6, 6.07) is 5.57. The highest BCUT2D eigenvalue weighted by Crippen LogP contribution is 2.35. The molecule has 3 nitrogen and oxygen atoms in total. The molecule has 1 aliphatic rings. The number of ketones is 1. The Balaban J connectivity index is 2.44. The van der Waals surface area contributed by atoms with E-state index in [0.717, 1.165) is 10.6 Å². The Bertz CT molecular complexity index is 456. The summed E-state index contributed by atoms with van der Waals surface area (Å²) in [6.07, 6.45) is 0.490. The molecule has 1 aliphatic heterocycles. The van der Waals surface area contributed by atoms with Crippen LogP contribution < -0.4 is 4.90 Å². The van der Waals surface area contributed by atoms with E-state index in [1.165, 1.54) is 11.8 Å². The number of carbonyl (C=O) groups excluding carboxylic acids is 2. The summed E-state index contributed by atoms with van der Waals surface area (Å²) in [5.74, 6) is 0.669. The monoisotopic (exact) mass is 235 g/mol. The van der Waals surface area contributed by atoms with Gasteiger partial charge < -0.3 is 4.90 Å². The van der Waals surface area contributed by atoms with Gasteiger partial charge in [-0.25, -0.2) is 0 Å². The van der Waals surface area contributed by atoms with E-state index in [0.29, 0.717) is 17.7 Å². The van der Waals surface area contributed by atoms with Crippen LogP contribution in [0.1, 0.15) is 23.7 Å². The van der Waals surface area contributed by atoms with Gasteiger partial charge in [-0.2, -0.15) is 0 Å². The van der Waals surface area contributed by atoms with Crippen LogP contribution in [0.15, 0.2) is 23.1 Å². The summed E-state index contributed by atoms with van der Waals surface area (Å²) in [7, 11) is 1.75. The molecule has 0 saturated carbocycles. The fraction of sp³-hybridized carbons (Fsp3) is 0.333. The Labute approximate surface area is 98.8 Å². The molecule has 1 heterocycles. The molecular weight excluding hydrogens is 222 g/mol. The second-order valence-electron chi connectivity index (χ2n) is 3.70. The highest BCUT2D eigenvalue weighted by atomic mass is 32.2. The maximum Gasteiger partial charge on any atom is 0.237 e. The maximum atomic E-state index is 11.6. The topological polar surface area (TPSA) is 37.4 Å². The number of anilines is 1. The van der Waals surface area contributed by atoms with E-state index in [1.54, 1.807) is 11.9 Å². The van der Waals surface area contributed by atoms with Crippen LogP contribution in [0.25, 0.3) is 0 Å². The van der Waals surface area contributed by atoms with Crippen LogP contribution in [0.3, 0.4) is 0 Å². The average Bonchev–Trinajstić information content (AvgIpc) is 2.32. The van der Waals surface area contributed by atoms with Crippen LogP contribution in [0.4, 0.5) is 5.69 Å². The Morgan fingerprint density at radius 3 is 2.94 bits per heavy atom. The van der Waals surface area contributed by atoms with Gasteiger partial charge in [0.1, 0.15) is 0 Å². The molecule has 0 atom stereocenters. The third-order valence-electron chi connectivity index (χ3n) is 2.69. The number of Topliss-reactive ketones (excluding diaryl/α,β-unsaturated/α-hetero) is 1. The highest BCUT2D eigenvalue weighted by Gasteiger charge is 2.22. The molecule has 4 heteroatoms. The fourth-order valence-electron chi connectivity index (χ4n) is 1.65. The number of hydrogen-bond donors (Lipinski definition) is 0. The number of amides is 1. The molecular formula is C12H13NO2S. The summed E-state index contributed by atoms with van der Waals surface area (Å²) in [4.78, 5) is 25.8. The largest absolute Gasteiger partial charge is 0.314 e. The minimum Gasteiger partial charge on any atom is -0.314 e. The quantitative estimate of drug-likeness (QED) is 0.738. The predicted octanol–water partition coefficient (Wildman–Crippen LogP) is 2.35. The van der Waals surface area contributed by atoms with Crippen molar-refractivity contribution in [2.24, 2.45) is 0 Å². The third kappa shape index (κ3) is 1.85. The van der Waals surface area contributed by atoms with Gasteiger partial charge in [-0.15, -0.1) is 11.8 Å². The van der Waals surface area contributed by atoms with Gasteiger partial charge in [0.25, 0.3) is 0 Å². The van der Waals surface area contributed by atoms with E-state index in [-0.39, 0.29) is 11.7 Å². The molecule has 0 fully saturated rings. The van der Waals surface area contributed by atoms with E-state index >= 15 is 0 Å². The number of fused-ring (bicyclic) bond motifs is 1. The number of carbonyl (C=O) groups is 2. The van der Waals surface area contributed by atoms with E-state index in [9.17, 15) is 9.59 Å². The second-order valence-corrected chi connectivity index (χ2v) is 4.72. The van der Waals surface area contributed by atoms with Crippen molar-refractivity contribution in [2.75, 3.05) is 17.7 Å². The minimum atomic E-state index is 0.0820. The Kier molecular flexibility index (Phi) is 3.01. The first kappa shape index (κ1) is 11.2. The summed E-state index contributed by atoms with van der Waals surface area (Å²) in [6.45, 7) is 1.84. The zero-order chi connectivity index (χ0) is 11.7. The van der Waals surface area contributed by atoms with Crippen molar-refractivity contribution in [2.45, 2.75) is 18.2 Å². The summed E-state index contributed by atoms with van der Waals surface area (Å²) in [5.41, 5.74) is 1.53. The lowest BCUT2D eigenvalue weighted by molar-refractivity contribution is -0.116. The van der Waals surface area contributed by atoms with Crippen molar-refractivity contribution in [3.63, 3.8) is 0 Å². The zero-order valence-corrected chi connectivity index (χ0v) is 10.1. The first-order chi connectivity index (χ1) is 7.63. The molecule has 0 saturated heterocycles. The molecule has 16 heavy (non-hydrogen) atoms. The van der Waals surface area contributed by atoms with Crippen LogP contribution in [-0.4, -0.2) is 24.5 Å². The van der Waals surface area contributed by atoms with Crippen molar-refractivity contribution in [1.82, 2.24) is 0 Å². The van der Waals surface area contributed by atoms with Gasteiger partial charge in [-0.1, -0.05) is 13.0 Å². The fourth-order valence-corrected chi connectivity index (χ4v) is 2.63. The van der Waals surface area contributed by atoms with Crippen LogP contribution in [0, 0.1) is 0 Å². The van der Waals surface area contributed by atoms with Crippen LogP contribution in [0.2, 0.25) is 0 Å². The average molecular weight is 235 g/mol. The van der Waals surface area contributed by atoms with Crippen LogP contribution in [-0.2, 0) is 4.79 Å². The molecule has 84 valence electrons. The molecule has 0 N–H and O–H groups in total. The van der Waals surface area contributed by atoms with Crippen LogP contribution in [0.5, 0.6) is 0 Å². The summed E-state index contributed by atoms with van der Waals surface area (Å²) in [5, 5.41) is 0. The normalized spacial score (nSPS) is 14.9.